The van der Waals surface area contributed by atoms with Crippen LogP contribution in [0.15, 0.2) is 60.7 Å². The van der Waals surface area contributed by atoms with E-state index in [0.29, 0.717) is 0 Å². The van der Waals surface area contributed by atoms with E-state index in [1.807, 2.05) is 0 Å². The highest BCUT2D eigenvalue weighted by Crippen LogP contribution is 2.34. The molecule has 0 saturated heterocycles. The van der Waals surface area contributed by atoms with Crippen LogP contribution in [0.2, 0.25) is 0 Å². The van der Waals surface area contributed by atoms with Gasteiger partial charge in [0.05, 0.1) is 0 Å². The lowest BCUT2D eigenvalue weighted by Gasteiger charge is -2.17. The van der Waals surface area contributed by atoms with Crippen LogP contribution in [0.3, 0.4) is 0 Å². The maximum Gasteiger partial charge on any atom is -0.00578 e. The molecule has 0 amide bonds. The first kappa shape index (κ1) is 13.6. The third-order valence-corrected chi connectivity index (χ3v) is 4.12. The molecule has 3 rings (SSSR count). The average Bonchev–Trinajstić information content (AvgIpc) is 2.53. The summed E-state index contributed by atoms with van der Waals surface area (Å²) in [5.74, 6) is 0. The van der Waals surface area contributed by atoms with Crippen LogP contribution in [0, 0.1) is 26.8 Å². The highest BCUT2D eigenvalue weighted by molar-refractivity contribution is 5.79. The molecule has 0 aliphatic heterocycles. The van der Waals surface area contributed by atoms with Crippen molar-refractivity contribution in [1.29, 1.82) is 0 Å². The lowest BCUT2D eigenvalue weighted by atomic mass is 9.87. The van der Waals surface area contributed by atoms with Crippen molar-refractivity contribution in [2.75, 3.05) is 0 Å². The topological polar surface area (TPSA) is 0 Å². The van der Waals surface area contributed by atoms with Gasteiger partial charge in [-0.05, 0) is 65.8 Å². The molecule has 0 nitrogen and oxygen atoms in total. The molecule has 0 heteroatoms. The summed E-state index contributed by atoms with van der Waals surface area (Å²) < 4.78 is 0. The number of hydrogen-bond acceptors (Lipinski definition) is 0. The van der Waals surface area contributed by atoms with Crippen molar-refractivity contribution in [2.45, 2.75) is 20.8 Å². The summed E-state index contributed by atoms with van der Waals surface area (Å²) in [5.41, 5.74) is 8.90. The average molecular weight is 271 g/mol. The fraction of sp³-hybridized carbons (Fsp3) is 0.143. The highest BCUT2D eigenvalue weighted by atomic mass is 14.2. The second kappa shape index (κ2) is 5.57. The second-order valence-electron chi connectivity index (χ2n) is 5.48. The van der Waals surface area contributed by atoms with E-state index in [1.54, 1.807) is 0 Å². The molecule has 0 aromatic heterocycles. The molecule has 0 bridgehead atoms. The van der Waals surface area contributed by atoms with Crippen molar-refractivity contribution in [2.24, 2.45) is 0 Å². The third kappa shape index (κ3) is 2.50. The minimum absolute atomic E-state index is 1.21. The van der Waals surface area contributed by atoms with Gasteiger partial charge in [0.2, 0.25) is 0 Å². The first-order valence-electron chi connectivity index (χ1n) is 7.32. The lowest BCUT2D eigenvalue weighted by molar-refractivity contribution is 1.29. The zero-order chi connectivity index (χ0) is 14.8. The largest absolute Gasteiger partial charge is 0.0622 e. The molecular weight excluding hydrogens is 252 g/mol. The van der Waals surface area contributed by atoms with E-state index in [1.165, 1.54) is 38.9 Å². The van der Waals surface area contributed by atoms with Crippen molar-refractivity contribution in [3.05, 3.63) is 83.4 Å². The Morgan fingerprint density at radius 2 is 1.14 bits per heavy atom. The van der Waals surface area contributed by atoms with Crippen LogP contribution in [-0.4, -0.2) is 0 Å². The minimum atomic E-state index is 1.21. The van der Waals surface area contributed by atoms with Gasteiger partial charge in [0, 0.05) is 0 Å². The Morgan fingerprint density at radius 3 is 1.71 bits per heavy atom. The molecule has 0 aliphatic rings. The molecule has 1 radical (unpaired) electrons. The molecule has 0 spiro atoms. The predicted molar refractivity (Wildman–Crippen MR) is 90.4 cm³/mol. The smallest absolute Gasteiger partial charge is 0.00578 e. The SMILES string of the molecule is Cc1[c]c(-c2ccccc2)c(C)c(C)c1-c1ccccc1. The maximum absolute atomic E-state index is 3.60. The molecule has 0 N–H and O–H groups in total. The van der Waals surface area contributed by atoms with Crippen LogP contribution in [0.4, 0.5) is 0 Å². The van der Waals surface area contributed by atoms with E-state index < -0.39 is 0 Å². The van der Waals surface area contributed by atoms with Gasteiger partial charge in [0.15, 0.2) is 0 Å². The summed E-state index contributed by atoms with van der Waals surface area (Å²) in [7, 11) is 0. The zero-order valence-electron chi connectivity index (χ0n) is 12.8. The fourth-order valence-corrected chi connectivity index (χ4v) is 2.93. The molecule has 0 heterocycles. The normalized spacial score (nSPS) is 10.6. The van der Waals surface area contributed by atoms with E-state index in [-0.39, 0.29) is 0 Å². The van der Waals surface area contributed by atoms with Gasteiger partial charge in [-0.3, -0.25) is 0 Å². The van der Waals surface area contributed by atoms with Crippen LogP contribution >= 0.6 is 0 Å². The monoisotopic (exact) mass is 271 g/mol. The van der Waals surface area contributed by atoms with Crippen molar-refractivity contribution >= 4 is 0 Å². The Morgan fingerprint density at radius 1 is 0.619 bits per heavy atom. The number of rotatable bonds is 2. The lowest BCUT2D eigenvalue weighted by Crippen LogP contribution is -1.96. The summed E-state index contributed by atoms with van der Waals surface area (Å²) in [4.78, 5) is 0. The third-order valence-electron chi connectivity index (χ3n) is 4.12. The molecule has 0 unspecified atom stereocenters. The van der Waals surface area contributed by atoms with Crippen LogP contribution in [0.5, 0.6) is 0 Å². The van der Waals surface area contributed by atoms with Gasteiger partial charge in [-0.25, -0.2) is 0 Å². The van der Waals surface area contributed by atoms with Crippen LogP contribution in [-0.2, 0) is 0 Å². The molecule has 0 atom stereocenters. The molecule has 0 saturated carbocycles. The Bertz CT molecular complexity index is 753. The number of benzene rings is 3. The Labute approximate surface area is 127 Å². The van der Waals surface area contributed by atoms with Crippen LogP contribution in [0.25, 0.3) is 22.3 Å². The van der Waals surface area contributed by atoms with Gasteiger partial charge in [0.1, 0.15) is 0 Å². The van der Waals surface area contributed by atoms with Crippen molar-refractivity contribution in [3.63, 3.8) is 0 Å². The van der Waals surface area contributed by atoms with Crippen LogP contribution in [0.1, 0.15) is 16.7 Å². The Kier molecular flexibility index (Phi) is 3.62. The summed E-state index contributed by atoms with van der Waals surface area (Å²) in [6.07, 6.45) is 0. The molecule has 0 fully saturated rings. The van der Waals surface area contributed by atoms with E-state index in [4.69, 9.17) is 0 Å². The van der Waals surface area contributed by atoms with Gasteiger partial charge in [-0.15, -0.1) is 0 Å². The molecule has 0 aliphatic carbocycles. The second-order valence-corrected chi connectivity index (χ2v) is 5.48. The zero-order valence-corrected chi connectivity index (χ0v) is 12.8. The van der Waals surface area contributed by atoms with Crippen molar-refractivity contribution in [1.82, 2.24) is 0 Å². The highest BCUT2D eigenvalue weighted by Gasteiger charge is 2.13. The standard InChI is InChI=1S/C21H19/c1-15-14-20(18-10-6-4-7-11-18)16(2)17(3)21(15)19-12-8-5-9-13-19/h4-13H,1-3H3. The van der Waals surface area contributed by atoms with E-state index >= 15 is 0 Å². The van der Waals surface area contributed by atoms with Crippen LogP contribution < -0.4 is 0 Å². The molecule has 103 valence electrons. The Balaban J connectivity index is 2.22. The van der Waals surface area contributed by atoms with Gasteiger partial charge < -0.3 is 0 Å². The van der Waals surface area contributed by atoms with Gasteiger partial charge in [-0.1, -0.05) is 60.7 Å². The quantitative estimate of drug-likeness (QED) is 0.557. The minimum Gasteiger partial charge on any atom is -0.0622 e. The number of hydrogen-bond donors (Lipinski definition) is 0. The molecular formula is C21H19. The number of aryl methyl sites for hydroxylation is 1. The van der Waals surface area contributed by atoms with E-state index in [2.05, 4.69) is 87.5 Å². The molecule has 21 heavy (non-hydrogen) atoms. The van der Waals surface area contributed by atoms with E-state index in [0.717, 1.165) is 0 Å². The van der Waals surface area contributed by atoms with E-state index in [9.17, 15) is 0 Å². The summed E-state index contributed by atoms with van der Waals surface area (Å²) in [5, 5.41) is 0. The molecule has 3 aromatic rings. The van der Waals surface area contributed by atoms with Gasteiger partial charge >= 0.3 is 0 Å². The summed E-state index contributed by atoms with van der Waals surface area (Å²) in [6, 6.07) is 24.7. The fourth-order valence-electron chi connectivity index (χ4n) is 2.93. The van der Waals surface area contributed by atoms with Crippen molar-refractivity contribution in [3.8, 4) is 22.3 Å². The predicted octanol–water partition coefficient (Wildman–Crippen LogP) is 5.75. The summed E-state index contributed by atoms with van der Waals surface area (Å²) >= 11 is 0. The van der Waals surface area contributed by atoms with Gasteiger partial charge in [-0.2, -0.15) is 0 Å². The first-order valence-corrected chi connectivity index (χ1v) is 7.32. The first-order chi connectivity index (χ1) is 10.2. The van der Waals surface area contributed by atoms with Crippen molar-refractivity contribution < 1.29 is 0 Å². The van der Waals surface area contributed by atoms with Gasteiger partial charge in [0.25, 0.3) is 0 Å². The maximum atomic E-state index is 3.60. The summed E-state index contributed by atoms with van der Waals surface area (Å²) in [6.45, 7) is 6.56. The molecule has 3 aromatic carbocycles. The Hall–Kier alpha value is -2.34.